The van der Waals surface area contributed by atoms with E-state index in [0.717, 1.165) is 34.4 Å². The smallest absolute Gasteiger partial charge is 0.139 e. The number of likely N-dealkylation sites (tertiary alicyclic amines) is 1. The Labute approximate surface area is 178 Å². The Morgan fingerprint density at radius 3 is 2.69 bits per heavy atom. The number of aromatic amines is 1. The molecule has 1 fully saturated rings. The maximum atomic E-state index is 4.73. The van der Waals surface area contributed by atoms with Gasteiger partial charge in [0.25, 0.3) is 0 Å². The summed E-state index contributed by atoms with van der Waals surface area (Å²) in [5.41, 5.74) is 3.86. The van der Waals surface area contributed by atoms with E-state index in [2.05, 4.69) is 80.3 Å². The summed E-state index contributed by atoms with van der Waals surface area (Å²) in [6.07, 6.45) is 4.68. The second-order valence-corrected chi connectivity index (χ2v) is 10.9. The largest absolute Gasteiger partial charge is 0.381 e. The zero-order valence-electron chi connectivity index (χ0n) is 18.4. The molecule has 0 bridgehead atoms. The van der Waals surface area contributed by atoms with E-state index in [4.69, 9.17) is 4.98 Å². The molecule has 1 aromatic carbocycles. The molecule has 2 aromatic heterocycles. The molecule has 0 amide bonds. The van der Waals surface area contributed by atoms with Crippen LogP contribution in [0.5, 0.6) is 0 Å². The number of anilines is 1. The van der Waals surface area contributed by atoms with E-state index in [1.54, 1.807) is 0 Å². The molecular weight excluding hydrogens is 376 g/mol. The van der Waals surface area contributed by atoms with Crippen LogP contribution in [-0.4, -0.2) is 34.0 Å². The number of aromatic nitrogens is 2. The maximum absolute atomic E-state index is 4.73. The third kappa shape index (κ3) is 4.67. The van der Waals surface area contributed by atoms with Crippen molar-refractivity contribution in [1.29, 1.82) is 0 Å². The molecule has 3 heterocycles. The van der Waals surface area contributed by atoms with E-state index < -0.39 is 0 Å². The van der Waals surface area contributed by atoms with Crippen LogP contribution in [0.4, 0.5) is 5.69 Å². The predicted octanol–water partition coefficient (Wildman–Crippen LogP) is 6.37. The summed E-state index contributed by atoms with van der Waals surface area (Å²) in [7, 11) is 0. The average Bonchev–Trinajstić information content (AvgIpc) is 3.28. The van der Waals surface area contributed by atoms with E-state index in [0.29, 0.717) is 11.5 Å². The van der Waals surface area contributed by atoms with Gasteiger partial charge in [0.2, 0.25) is 0 Å². The number of hydrogen-bond acceptors (Lipinski definition) is 4. The number of piperidine rings is 1. The van der Waals surface area contributed by atoms with Gasteiger partial charge in [0, 0.05) is 29.0 Å². The van der Waals surface area contributed by atoms with Crippen LogP contribution >= 0.6 is 11.3 Å². The number of rotatable bonds is 5. The van der Waals surface area contributed by atoms with Crippen molar-refractivity contribution in [2.24, 2.45) is 11.3 Å². The van der Waals surface area contributed by atoms with Crippen LogP contribution in [0.1, 0.15) is 52.3 Å². The molecule has 0 unspecified atom stereocenters. The summed E-state index contributed by atoms with van der Waals surface area (Å²) in [4.78, 5) is 12.3. The lowest BCUT2D eigenvalue weighted by Crippen LogP contribution is -2.37. The van der Waals surface area contributed by atoms with Gasteiger partial charge < -0.3 is 10.3 Å². The molecule has 0 atom stereocenters. The van der Waals surface area contributed by atoms with Gasteiger partial charge in [0.15, 0.2) is 0 Å². The molecule has 0 saturated carbocycles. The number of benzene rings is 1. The van der Waals surface area contributed by atoms with Crippen LogP contribution in [0.2, 0.25) is 0 Å². The highest BCUT2D eigenvalue weighted by molar-refractivity contribution is 7.15. The Morgan fingerprint density at radius 1 is 1.24 bits per heavy atom. The standard InChI is InChI=1S/C24H34N4S/c1-16(2)26-20-8-6-7-17-13-21(27-22(17)20)23-25-14-19(29-23)15-28-11-9-18(10-12-28)24(3,4)5/h6-8,13-14,16,18,26-27H,9-12,15H2,1-5H3. The number of H-pyrrole nitrogens is 1. The number of fused-ring (bicyclic) bond motifs is 1. The minimum Gasteiger partial charge on any atom is -0.381 e. The number of hydrogen-bond donors (Lipinski definition) is 2. The highest BCUT2D eigenvalue weighted by Crippen LogP contribution is 2.35. The van der Waals surface area contributed by atoms with E-state index >= 15 is 0 Å². The molecule has 3 aromatic rings. The first-order valence-electron chi connectivity index (χ1n) is 10.9. The summed E-state index contributed by atoms with van der Waals surface area (Å²) in [5.74, 6) is 0.843. The molecule has 0 spiro atoms. The van der Waals surface area contributed by atoms with Gasteiger partial charge in [0.1, 0.15) is 5.01 Å². The summed E-state index contributed by atoms with van der Waals surface area (Å²) in [6, 6.07) is 9.03. The Bertz CT molecular complexity index is 955. The lowest BCUT2D eigenvalue weighted by Gasteiger charge is -2.38. The van der Waals surface area contributed by atoms with Gasteiger partial charge in [-0.2, -0.15) is 0 Å². The molecule has 1 aliphatic heterocycles. The molecular formula is C24H34N4S. The van der Waals surface area contributed by atoms with Crippen LogP contribution in [0.3, 0.4) is 0 Å². The molecule has 1 aliphatic rings. The Kier molecular flexibility index (Phi) is 5.71. The molecule has 29 heavy (non-hydrogen) atoms. The number of nitrogens with one attached hydrogen (secondary N) is 2. The van der Waals surface area contributed by atoms with Crippen molar-refractivity contribution in [2.45, 2.75) is 60.0 Å². The molecule has 156 valence electrons. The fourth-order valence-corrected chi connectivity index (χ4v) is 5.31. The second-order valence-electron chi connectivity index (χ2n) is 9.80. The van der Waals surface area contributed by atoms with Crippen LogP contribution in [0, 0.1) is 11.3 Å². The summed E-state index contributed by atoms with van der Waals surface area (Å²) < 4.78 is 0. The zero-order chi connectivity index (χ0) is 20.6. The molecule has 1 saturated heterocycles. The SMILES string of the molecule is CC(C)Nc1cccc2cc(-c3ncc(CN4CCC(C(C)(C)C)CC4)s3)[nH]c12. The lowest BCUT2D eigenvalue weighted by atomic mass is 9.75. The normalized spacial score (nSPS) is 16.8. The Morgan fingerprint density at radius 2 is 2.00 bits per heavy atom. The second kappa shape index (κ2) is 8.11. The third-order valence-electron chi connectivity index (χ3n) is 6.08. The quantitative estimate of drug-likeness (QED) is 0.513. The highest BCUT2D eigenvalue weighted by Gasteiger charge is 2.28. The molecule has 4 nitrogen and oxygen atoms in total. The molecule has 0 radical (unpaired) electrons. The zero-order valence-corrected chi connectivity index (χ0v) is 19.2. The molecule has 5 heteroatoms. The fraction of sp³-hybridized carbons (Fsp3) is 0.542. The van der Waals surface area contributed by atoms with Crippen molar-refractivity contribution in [3.63, 3.8) is 0 Å². The Balaban J connectivity index is 1.46. The van der Waals surface area contributed by atoms with Crippen LogP contribution in [0.15, 0.2) is 30.5 Å². The minimum absolute atomic E-state index is 0.404. The fourth-order valence-electron chi connectivity index (χ4n) is 4.39. The topological polar surface area (TPSA) is 44.0 Å². The average molecular weight is 411 g/mol. The van der Waals surface area contributed by atoms with Crippen LogP contribution in [0.25, 0.3) is 21.6 Å². The number of thiazole rings is 1. The number of nitrogens with zero attached hydrogens (tertiary/aromatic N) is 2. The van der Waals surface area contributed by atoms with Crippen molar-refractivity contribution in [3.8, 4) is 10.7 Å². The summed E-state index contributed by atoms with van der Waals surface area (Å²) in [6.45, 7) is 14.9. The van der Waals surface area contributed by atoms with Gasteiger partial charge in [-0.3, -0.25) is 4.90 Å². The van der Waals surface area contributed by atoms with Crippen molar-refractivity contribution in [1.82, 2.24) is 14.9 Å². The minimum atomic E-state index is 0.404. The van der Waals surface area contributed by atoms with Crippen molar-refractivity contribution < 1.29 is 0 Å². The van der Waals surface area contributed by atoms with Crippen LogP contribution < -0.4 is 5.32 Å². The van der Waals surface area contributed by atoms with Crippen molar-refractivity contribution >= 4 is 27.9 Å². The first-order valence-corrected chi connectivity index (χ1v) is 11.7. The molecule has 4 rings (SSSR count). The van der Waals surface area contributed by atoms with Crippen molar-refractivity contribution in [3.05, 3.63) is 35.3 Å². The highest BCUT2D eigenvalue weighted by atomic mass is 32.1. The third-order valence-corrected chi connectivity index (χ3v) is 7.09. The lowest BCUT2D eigenvalue weighted by molar-refractivity contribution is 0.108. The molecule has 2 N–H and O–H groups in total. The van der Waals surface area contributed by atoms with Gasteiger partial charge >= 0.3 is 0 Å². The van der Waals surface area contributed by atoms with Gasteiger partial charge in [0.05, 0.1) is 16.9 Å². The van der Waals surface area contributed by atoms with E-state index in [-0.39, 0.29) is 0 Å². The van der Waals surface area contributed by atoms with Gasteiger partial charge in [-0.1, -0.05) is 32.9 Å². The van der Waals surface area contributed by atoms with Gasteiger partial charge in [-0.15, -0.1) is 11.3 Å². The first-order chi connectivity index (χ1) is 13.8. The maximum Gasteiger partial charge on any atom is 0.139 e. The van der Waals surface area contributed by atoms with Crippen molar-refractivity contribution in [2.75, 3.05) is 18.4 Å². The van der Waals surface area contributed by atoms with Crippen LogP contribution in [-0.2, 0) is 6.54 Å². The summed E-state index contributed by atoms with van der Waals surface area (Å²) in [5, 5.41) is 5.84. The summed E-state index contributed by atoms with van der Waals surface area (Å²) >= 11 is 1.82. The number of para-hydroxylation sites is 1. The molecule has 0 aliphatic carbocycles. The monoisotopic (exact) mass is 410 g/mol. The van der Waals surface area contributed by atoms with Gasteiger partial charge in [-0.05, 0) is 63.2 Å². The first kappa shape index (κ1) is 20.4. The van der Waals surface area contributed by atoms with Gasteiger partial charge in [-0.25, -0.2) is 4.98 Å². The van der Waals surface area contributed by atoms with E-state index in [9.17, 15) is 0 Å². The van der Waals surface area contributed by atoms with E-state index in [1.165, 1.54) is 36.2 Å². The van der Waals surface area contributed by atoms with E-state index in [1.807, 2.05) is 11.3 Å². The Hall–Kier alpha value is -1.85. The predicted molar refractivity (Wildman–Crippen MR) is 126 cm³/mol.